The van der Waals surface area contributed by atoms with Crippen LogP contribution in [0.1, 0.15) is 23.1 Å². The van der Waals surface area contributed by atoms with Gasteiger partial charge in [0.2, 0.25) is 0 Å². The molecule has 1 atom stereocenters. The Morgan fingerprint density at radius 3 is 2.62 bits per heavy atom. The summed E-state index contributed by atoms with van der Waals surface area (Å²) in [6.07, 6.45) is 2.09. The molecule has 126 valence electrons. The molecule has 0 aromatic heterocycles. The van der Waals surface area contributed by atoms with Crippen molar-refractivity contribution < 1.29 is 9.90 Å². The minimum Gasteiger partial charge on any atom is -0.392 e. The molecule has 3 rings (SSSR count). The maximum atomic E-state index is 12.3. The molecule has 2 aromatic rings. The monoisotopic (exact) mass is 324 g/mol. The van der Waals surface area contributed by atoms with Crippen molar-refractivity contribution in [3.8, 4) is 0 Å². The summed E-state index contributed by atoms with van der Waals surface area (Å²) < 4.78 is 0. The fourth-order valence-electron chi connectivity index (χ4n) is 3.26. The number of amides is 2. The van der Waals surface area contributed by atoms with Gasteiger partial charge in [0.1, 0.15) is 0 Å². The number of nitrogens with zero attached hydrogens (tertiary/aromatic N) is 1. The van der Waals surface area contributed by atoms with Crippen LogP contribution in [0.25, 0.3) is 0 Å². The zero-order chi connectivity index (χ0) is 16.8. The van der Waals surface area contributed by atoms with Crippen LogP contribution in [0.4, 0.5) is 4.79 Å². The molecule has 1 fully saturated rings. The lowest BCUT2D eigenvalue weighted by Crippen LogP contribution is -2.38. The van der Waals surface area contributed by atoms with Gasteiger partial charge in [0.05, 0.1) is 6.61 Å². The van der Waals surface area contributed by atoms with Gasteiger partial charge in [0.25, 0.3) is 0 Å². The molecule has 2 amide bonds. The van der Waals surface area contributed by atoms with Crippen LogP contribution in [0, 0.1) is 5.92 Å². The molecule has 2 N–H and O–H groups in total. The largest absolute Gasteiger partial charge is 0.392 e. The van der Waals surface area contributed by atoms with Crippen molar-refractivity contribution in [1.82, 2.24) is 10.2 Å². The van der Waals surface area contributed by atoms with Gasteiger partial charge >= 0.3 is 6.03 Å². The van der Waals surface area contributed by atoms with Gasteiger partial charge in [0, 0.05) is 19.6 Å². The highest BCUT2D eigenvalue weighted by Gasteiger charge is 2.26. The molecule has 1 aliphatic heterocycles. The Labute approximate surface area is 143 Å². The van der Waals surface area contributed by atoms with Crippen LogP contribution in [0.3, 0.4) is 0 Å². The first-order chi connectivity index (χ1) is 11.7. The number of carbonyl (C=O) groups is 1. The highest BCUT2D eigenvalue weighted by atomic mass is 16.3. The van der Waals surface area contributed by atoms with Gasteiger partial charge < -0.3 is 15.3 Å². The lowest BCUT2D eigenvalue weighted by Gasteiger charge is -2.17. The Kier molecular flexibility index (Phi) is 5.49. The second-order valence-electron chi connectivity index (χ2n) is 6.43. The average Bonchev–Trinajstić information content (AvgIpc) is 3.09. The molecular weight excluding hydrogens is 300 g/mol. The van der Waals surface area contributed by atoms with E-state index < -0.39 is 0 Å². The zero-order valence-corrected chi connectivity index (χ0v) is 13.8. The fraction of sp³-hybridized carbons (Fsp3) is 0.350. The van der Waals surface area contributed by atoms with E-state index in [9.17, 15) is 4.79 Å². The number of aliphatic hydroxyl groups excluding tert-OH is 1. The normalized spacial score (nSPS) is 17.0. The van der Waals surface area contributed by atoms with Gasteiger partial charge in [0.15, 0.2) is 0 Å². The highest BCUT2D eigenvalue weighted by Crippen LogP contribution is 2.20. The van der Waals surface area contributed by atoms with Crippen molar-refractivity contribution in [3.63, 3.8) is 0 Å². The number of carbonyl (C=O) groups excluding carboxylic acids is 1. The maximum Gasteiger partial charge on any atom is 0.317 e. The van der Waals surface area contributed by atoms with E-state index in [4.69, 9.17) is 5.11 Å². The molecule has 24 heavy (non-hydrogen) atoms. The molecular formula is C20H24N2O2. The lowest BCUT2D eigenvalue weighted by atomic mass is 9.99. The number of nitrogens with one attached hydrogen (secondary N) is 1. The van der Waals surface area contributed by atoms with E-state index >= 15 is 0 Å². The second-order valence-corrected chi connectivity index (χ2v) is 6.43. The number of urea groups is 1. The molecule has 0 spiro atoms. The summed E-state index contributed by atoms with van der Waals surface area (Å²) in [6, 6.07) is 18.1. The number of rotatable bonds is 5. The number of hydrogen-bond acceptors (Lipinski definition) is 2. The first kappa shape index (κ1) is 16.5. The Morgan fingerprint density at radius 2 is 1.83 bits per heavy atom. The number of hydrogen-bond donors (Lipinski definition) is 2. The first-order valence-electron chi connectivity index (χ1n) is 8.50. The number of likely N-dealkylation sites (tertiary alicyclic amines) is 1. The van der Waals surface area contributed by atoms with Crippen LogP contribution in [-0.4, -0.2) is 29.1 Å². The van der Waals surface area contributed by atoms with E-state index in [1.165, 1.54) is 5.56 Å². The summed E-state index contributed by atoms with van der Waals surface area (Å²) in [4.78, 5) is 14.2. The van der Waals surface area contributed by atoms with Crippen molar-refractivity contribution in [2.24, 2.45) is 5.92 Å². The summed E-state index contributed by atoms with van der Waals surface area (Å²) in [5.41, 5.74) is 3.21. The average molecular weight is 324 g/mol. The minimum absolute atomic E-state index is 0.0000341. The molecule has 0 radical (unpaired) electrons. The Morgan fingerprint density at radius 1 is 1.08 bits per heavy atom. The van der Waals surface area contributed by atoms with Crippen LogP contribution >= 0.6 is 0 Å². The van der Waals surface area contributed by atoms with Crippen molar-refractivity contribution in [2.45, 2.75) is 26.0 Å². The smallest absolute Gasteiger partial charge is 0.317 e. The van der Waals surface area contributed by atoms with Crippen LogP contribution in [0.15, 0.2) is 54.6 Å². The topological polar surface area (TPSA) is 52.6 Å². The van der Waals surface area contributed by atoms with Crippen LogP contribution < -0.4 is 5.32 Å². The van der Waals surface area contributed by atoms with Gasteiger partial charge in [-0.05, 0) is 35.4 Å². The molecule has 0 bridgehead atoms. The molecule has 1 aliphatic rings. The summed E-state index contributed by atoms with van der Waals surface area (Å²) in [5, 5.41) is 12.1. The molecule has 0 saturated carbocycles. The van der Waals surface area contributed by atoms with E-state index in [1.807, 2.05) is 35.2 Å². The number of aliphatic hydroxyl groups is 1. The zero-order valence-electron chi connectivity index (χ0n) is 13.8. The standard InChI is InChI=1S/C20H24N2O2/c23-15-19-8-4-7-17(12-19)13-21-20(24)22-10-9-18(14-22)11-16-5-2-1-3-6-16/h1-8,12,18,23H,9-11,13-15H2,(H,21,24). The Balaban J connectivity index is 1.47. The van der Waals surface area contributed by atoms with Crippen molar-refractivity contribution in [2.75, 3.05) is 13.1 Å². The minimum atomic E-state index is -0.0000341. The molecule has 1 unspecified atom stereocenters. The van der Waals surface area contributed by atoms with Gasteiger partial charge in [-0.25, -0.2) is 4.79 Å². The van der Waals surface area contributed by atoms with Gasteiger partial charge in [-0.15, -0.1) is 0 Å². The molecule has 0 aliphatic carbocycles. The van der Waals surface area contributed by atoms with Crippen LogP contribution in [0.5, 0.6) is 0 Å². The van der Waals surface area contributed by atoms with E-state index in [0.29, 0.717) is 12.5 Å². The van der Waals surface area contributed by atoms with Gasteiger partial charge in [-0.2, -0.15) is 0 Å². The molecule has 4 nitrogen and oxygen atoms in total. The van der Waals surface area contributed by atoms with Crippen LogP contribution in [0.2, 0.25) is 0 Å². The third-order valence-corrected chi connectivity index (χ3v) is 4.56. The Bertz CT molecular complexity index is 672. The first-order valence-corrected chi connectivity index (χ1v) is 8.50. The fourth-order valence-corrected chi connectivity index (χ4v) is 3.26. The molecule has 1 heterocycles. The third kappa shape index (κ3) is 4.36. The lowest BCUT2D eigenvalue weighted by molar-refractivity contribution is 0.206. The van der Waals surface area contributed by atoms with Crippen LogP contribution in [-0.2, 0) is 19.6 Å². The quantitative estimate of drug-likeness (QED) is 0.888. The van der Waals surface area contributed by atoms with Crippen molar-refractivity contribution in [3.05, 3.63) is 71.3 Å². The second kappa shape index (κ2) is 7.97. The van der Waals surface area contributed by atoms with E-state index in [-0.39, 0.29) is 12.6 Å². The Hall–Kier alpha value is -2.33. The highest BCUT2D eigenvalue weighted by molar-refractivity contribution is 5.74. The number of benzene rings is 2. The van der Waals surface area contributed by atoms with Gasteiger partial charge in [-0.1, -0.05) is 54.6 Å². The van der Waals surface area contributed by atoms with Gasteiger partial charge in [-0.3, -0.25) is 0 Å². The van der Waals surface area contributed by atoms with E-state index in [2.05, 4.69) is 29.6 Å². The van der Waals surface area contributed by atoms with Crippen molar-refractivity contribution >= 4 is 6.03 Å². The molecule has 1 saturated heterocycles. The predicted octanol–water partition coefficient (Wildman–Crippen LogP) is 2.95. The summed E-state index contributed by atoms with van der Waals surface area (Å²) in [6.45, 7) is 2.15. The van der Waals surface area contributed by atoms with Crippen molar-refractivity contribution in [1.29, 1.82) is 0 Å². The SMILES string of the molecule is O=C(NCc1cccc(CO)c1)N1CCC(Cc2ccccc2)C1. The predicted molar refractivity (Wildman–Crippen MR) is 94.4 cm³/mol. The molecule has 2 aromatic carbocycles. The summed E-state index contributed by atoms with van der Waals surface area (Å²) >= 11 is 0. The maximum absolute atomic E-state index is 12.3. The summed E-state index contributed by atoms with van der Waals surface area (Å²) in [5.74, 6) is 0.538. The van der Waals surface area contributed by atoms with E-state index in [1.54, 1.807) is 0 Å². The molecule has 4 heteroatoms. The summed E-state index contributed by atoms with van der Waals surface area (Å²) in [7, 11) is 0. The van der Waals surface area contributed by atoms with E-state index in [0.717, 1.165) is 37.1 Å². The third-order valence-electron chi connectivity index (χ3n) is 4.56.